The van der Waals surface area contributed by atoms with Crippen molar-refractivity contribution in [3.05, 3.63) is 11.2 Å². The number of carbonyl (C=O) groups excluding carboxylic acids is 1. The van der Waals surface area contributed by atoms with E-state index in [4.69, 9.17) is 0 Å². The van der Waals surface area contributed by atoms with Crippen LogP contribution >= 0.6 is 11.3 Å². The maximum absolute atomic E-state index is 12.5. The number of aliphatic hydroxyl groups excluding tert-OH is 1. The fourth-order valence-corrected chi connectivity index (χ4v) is 5.00. The van der Waals surface area contributed by atoms with Gasteiger partial charge in [0.05, 0.1) is 19.2 Å². The number of thiazole rings is 1. The summed E-state index contributed by atoms with van der Waals surface area (Å²) >= 11 is 0.876. The highest BCUT2D eigenvalue weighted by Gasteiger charge is 2.38. The van der Waals surface area contributed by atoms with Crippen LogP contribution in [0.15, 0.2) is 9.72 Å². The smallest absolute Gasteiger partial charge is 0.358 e. The summed E-state index contributed by atoms with van der Waals surface area (Å²) in [5.74, 6) is -0.778. The van der Waals surface area contributed by atoms with Crippen LogP contribution in [0.5, 0.6) is 0 Å². The Hall–Kier alpha value is -1.03. The van der Waals surface area contributed by atoms with Gasteiger partial charge in [-0.1, -0.05) is 0 Å². The van der Waals surface area contributed by atoms with Crippen LogP contribution in [0.3, 0.4) is 0 Å². The zero-order valence-corrected chi connectivity index (χ0v) is 11.9. The topological polar surface area (TPSA) is 96.8 Å². The Bertz CT molecular complexity index is 568. The number of ether oxygens (including phenoxy) is 1. The quantitative estimate of drug-likeness (QED) is 0.791. The number of carbonyl (C=O) groups is 1. The third-order valence-electron chi connectivity index (χ3n) is 2.99. The molecular weight excluding hydrogens is 292 g/mol. The number of esters is 1. The van der Waals surface area contributed by atoms with E-state index in [1.165, 1.54) is 16.9 Å². The van der Waals surface area contributed by atoms with Gasteiger partial charge < -0.3 is 9.84 Å². The summed E-state index contributed by atoms with van der Waals surface area (Å²) in [5.41, 5.74) is 1.10. The molecule has 1 saturated heterocycles. The highest BCUT2D eigenvalue weighted by atomic mass is 32.2. The summed E-state index contributed by atoms with van der Waals surface area (Å²) in [5, 5.41) is 9.21. The Balaban J connectivity index is 2.40. The van der Waals surface area contributed by atoms with Gasteiger partial charge in [0.1, 0.15) is 0 Å². The molecule has 1 aromatic heterocycles. The minimum atomic E-state index is -3.81. The Morgan fingerprint density at radius 3 is 3.05 bits per heavy atom. The van der Waals surface area contributed by atoms with E-state index < -0.39 is 22.0 Å². The molecule has 0 amide bonds. The van der Waals surface area contributed by atoms with Crippen molar-refractivity contribution < 1.29 is 23.1 Å². The van der Waals surface area contributed by atoms with Crippen molar-refractivity contribution in [3.63, 3.8) is 0 Å². The van der Waals surface area contributed by atoms with E-state index >= 15 is 0 Å². The number of aliphatic hydroxyl groups is 1. The lowest BCUT2D eigenvalue weighted by Gasteiger charge is -2.21. The van der Waals surface area contributed by atoms with Crippen molar-refractivity contribution in [2.45, 2.75) is 23.1 Å². The van der Waals surface area contributed by atoms with Crippen LogP contribution in [-0.4, -0.2) is 55.1 Å². The van der Waals surface area contributed by atoms with Crippen molar-refractivity contribution in [1.82, 2.24) is 9.29 Å². The van der Waals surface area contributed by atoms with E-state index in [1.54, 1.807) is 0 Å². The first-order valence-corrected chi connectivity index (χ1v) is 7.99. The molecule has 0 aromatic carbocycles. The van der Waals surface area contributed by atoms with Gasteiger partial charge in [0, 0.05) is 12.6 Å². The second-order valence-corrected chi connectivity index (χ2v) is 7.01. The zero-order valence-electron chi connectivity index (χ0n) is 10.3. The number of rotatable bonds is 4. The monoisotopic (exact) mass is 306 g/mol. The lowest BCUT2D eigenvalue weighted by molar-refractivity contribution is 0.0590. The Kier molecular flexibility index (Phi) is 4.19. The Morgan fingerprint density at radius 1 is 1.68 bits per heavy atom. The fourth-order valence-electron chi connectivity index (χ4n) is 2.07. The fraction of sp³-hybridized carbons (Fsp3) is 0.600. The Morgan fingerprint density at radius 2 is 2.42 bits per heavy atom. The molecule has 1 atom stereocenters. The van der Waals surface area contributed by atoms with E-state index in [2.05, 4.69) is 9.72 Å². The van der Waals surface area contributed by atoms with Crippen LogP contribution in [0.4, 0.5) is 0 Å². The molecule has 7 nitrogen and oxygen atoms in total. The molecule has 1 fully saturated rings. The van der Waals surface area contributed by atoms with Crippen LogP contribution in [0, 0.1) is 0 Å². The van der Waals surface area contributed by atoms with Crippen molar-refractivity contribution in [3.8, 4) is 0 Å². The van der Waals surface area contributed by atoms with E-state index in [0.29, 0.717) is 19.4 Å². The first-order chi connectivity index (χ1) is 9.02. The molecule has 0 aliphatic carbocycles. The van der Waals surface area contributed by atoms with Gasteiger partial charge in [0.15, 0.2) is 9.90 Å². The number of hydrogen-bond acceptors (Lipinski definition) is 7. The third-order valence-corrected chi connectivity index (χ3v) is 6.29. The maximum atomic E-state index is 12.5. The first kappa shape index (κ1) is 14.4. The van der Waals surface area contributed by atoms with Gasteiger partial charge in [0.25, 0.3) is 10.0 Å². The molecule has 0 bridgehead atoms. The van der Waals surface area contributed by atoms with Crippen LogP contribution in [-0.2, 0) is 14.8 Å². The van der Waals surface area contributed by atoms with Crippen molar-refractivity contribution >= 4 is 27.3 Å². The largest absolute Gasteiger partial charge is 0.464 e. The molecule has 2 rings (SSSR count). The number of aromatic nitrogens is 1. The van der Waals surface area contributed by atoms with E-state index in [9.17, 15) is 18.3 Å². The molecule has 1 aliphatic rings. The lowest BCUT2D eigenvalue weighted by Crippen LogP contribution is -2.37. The average Bonchev–Trinajstić information content (AvgIpc) is 3.06. The SMILES string of the molecule is COC(=O)c1ncsc1S(=O)(=O)N1CCC[C@@H]1CO. The normalized spacial score (nSPS) is 20.6. The molecule has 9 heteroatoms. The van der Waals surface area contributed by atoms with Gasteiger partial charge in [-0.25, -0.2) is 18.2 Å². The van der Waals surface area contributed by atoms with Gasteiger partial charge in [-0.2, -0.15) is 4.31 Å². The molecule has 0 unspecified atom stereocenters. The van der Waals surface area contributed by atoms with Crippen LogP contribution < -0.4 is 0 Å². The maximum Gasteiger partial charge on any atom is 0.358 e. The molecule has 1 aromatic rings. The highest BCUT2D eigenvalue weighted by Crippen LogP contribution is 2.30. The minimum absolute atomic E-state index is 0.125. The second kappa shape index (κ2) is 5.53. The molecule has 19 heavy (non-hydrogen) atoms. The highest BCUT2D eigenvalue weighted by molar-refractivity contribution is 7.91. The summed E-state index contributed by atoms with van der Waals surface area (Å²) in [7, 11) is -2.64. The van der Waals surface area contributed by atoms with Gasteiger partial charge in [-0.05, 0) is 12.8 Å². The first-order valence-electron chi connectivity index (χ1n) is 5.67. The van der Waals surface area contributed by atoms with E-state index in [1.807, 2.05) is 0 Å². The summed E-state index contributed by atoms with van der Waals surface area (Å²) in [6.45, 7) is 0.109. The average molecular weight is 306 g/mol. The van der Waals surface area contributed by atoms with Crippen LogP contribution in [0.1, 0.15) is 23.3 Å². The molecule has 2 heterocycles. The third kappa shape index (κ3) is 2.50. The van der Waals surface area contributed by atoms with Crippen molar-refractivity contribution in [1.29, 1.82) is 0 Å². The van der Waals surface area contributed by atoms with Gasteiger partial charge in [0.2, 0.25) is 0 Å². The summed E-state index contributed by atoms with van der Waals surface area (Å²) in [6, 6.07) is -0.433. The molecular formula is C10H14N2O5S2. The molecule has 0 radical (unpaired) electrons. The standard InChI is InChI=1S/C10H14N2O5S2/c1-17-9(14)8-10(18-6-11-8)19(15,16)12-4-2-3-7(12)5-13/h6-7,13H,2-5H2,1H3/t7-/m1/s1. The molecule has 106 valence electrons. The number of nitrogens with zero attached hydrogens (tertiary/aromatic N) is 2. The predicted octanol–water partition coefficient (Wildman–Crippen LogP) is 0.0751. The molecule has 1 N–H and O–H groups in total. The van der Waals surface area contributed by atoms with E-state index in [-0.39, 0.29) is 16.5 Å². The zero-order chi connectivity index (χ0) is 14.0. The van der Waals surface area contributed by atoms with Crippen molar-refractivity contribution in [2.24, 2.45) is 0 Å². The second-order valence-electron chi connectivity index (χ2n) is 4.07. The molecule has 0 spiro atoms. The van der Waals surface area contributed by atoms with Crippen molar-refractivity contribution in [2.75, 3.05) is 20.3 Å². The summed E-state index contributed by atoms with van der Waals surface area (Å²) in [4.78, 5) is 15.2. The number of hydrogen-bond donors (Lipinski definition) is 1. The number of methoxy groups -OCH3 is 1. The van der Waals surface area contributed by atoms with Gasteiger partial charge in [-0.3, -0.25) is 0 Å². The van der Waals surface area contributed by atoms with Gasteiger partial charge >= 0.3 is 5.97 Å². The molecule has 1 aliphatic heterocycles. The summed E-state index contributed by atoms with van der Waals surface area (Å²) < 4.78 is 30.6. The van der Waals surface area contributed by atoms with Gasteiger partial charge in [-0.15, -0.1) is 11.3 Å². The molecule has 0 saturated carbocycles. The number of sulfonamides is 1. The van der Waals surface area contributed by atoms with E-state index in [0.717, 1.165) is 11.3 Å². The predicted molar refractivity (Wildman–Crippen MR) is 67.5 cm³/mol. The van der Waals surface area contributed by atoms with Crippen LogP contribution in [0.2, 0.25) is 0 Å². The minimum Gasteiger partial charge on any atom is -0.464 e. The Labute approximate surface area is 114 Å². The summed E-state index contributed by atoms with van der Waals surface area (Å²) in [6.07, 6.45) is 1.30. The van der Waals surface area contributed by atoms with Crippen LogP contribution in [0.25, 0.3) is 0 Å². The lowest BCUT2D eigenvalue weighted by atomic mass is 10.2.